The molecule has 0 radical (unpaired) electrons. The van der Waals surface area contributed by atoms with Crippen molar-refractivity contribution in [3.05, 3.63) is 82.3 Å². The van der Waals surface area contributed by atoms with Crippen LogP contribution in [0.3, 0.4) is 0 Å². The Labute approximate surface area is 209 Å². The molecule has 0 fully saturated rings. The van der Waals surface area contributed by atoms with Gasteiger partial charge in [0.2, 0.25) is 5.91 Å². The van der Waals surface area contributed by atoms with Gasteiger partial charge in [-0.05, 0) is 67.6 Å². The molecule has 0 atom stereocenters. The van der Waals surface area contributed by atoms with E-state index in [-0.39, 0.29) is 11.7 Å². The Morgan fingerprint density at radius 3 is 2.55 bits per heavy atom. The molecule has 0 aliphatic carbocycles. The molecule has 1 heterocycles. The van der Waals surface area contributed by atoms with Crippen molar-refractivity contribution in [2.24, 2.45) is 0 Å². The lowest BCUT2D eigenvalue weighted by molar-refractivity contribution is -0.113. The molecule has 1 aromatic heterocycles. The number of nitrogens with zero attached hydrogens (tertiary/aromatic N) is 3. The Balaban J connectivity index is 1.60. The standard InChI is InChI=1S/C24H20BrClN4O2S/c1-2-32-21-12-10-20(11-13-21)30-23(16-4-3-5-18(26)14-16)28-29-24(30)33-15-22(31)27-19-8-6-17(25)7-9-19/h3-14H,2,15H2,1H3,(H,27,31). The second kappa shape index (κ2) is 10.9. The fraction of sp³-hybridized carbons (Fsp3) is 0.125. The molecule has 0 saturated heterocycles. The molecule has 4 rings (SSSR count). The van der Waals surface area contributed by atoms with E-state index in [0.717, 1.165) is 27.2 Å². The number of amides is 1. The summed E-state index contributed by atoms with van der Waals surface area (Å²) in [6.07, 6.45) is 0. The van der Waals surface area contributed by atoms with E-state index < -0.39 is 0 Å². The van der Waals surface area contributed by atoms with Gasteiger partial charge in [0.15, 0.2) is 11.0 Å². The van der Waals surface area contributed by atoms with Gasteiger partial charge in [0.25, 0.3) is 0 Å². The number of ether oxygens (including phenoxy) is 1. The monoisotopic (exact) mass is 542 g/mol. The van der Waals surface area contributed by atoms with E-state index in [2.05, 4.69) is 31.4 Å². The van der Waals surface area contributed by atoms with Crippen LogP contribution in [0.4, 0.5) is 5.69 Å². The number of carbonyl (C=O) groups is 1. The first-order valence-electron chi connectivity index (χ1n) is 10.2. The van der Waals surface area contributed by atoms with Crippen molar-refractivity contribution >= 4 is 50.9 Å². The number of rotatable bonds is 8. The maximum atomic E-state index is 12.5. The van der Waals surface area contributed by atoms with Crippen LogP contribution < -0.4 is 10.1 Å². The van der Waals surface area contributed by atoms with E-state index in [1.54, 1.807) is 0 Å². The molecule has 3 aromatic carbocycles. The van der Waals surface area contributed by atoms with Gasteiger partial charge in [-0.3, -0.25) is 9.36 Å². The van der Waals surface area contributed by atoms with Crippen molar-refractivity contribution in [2.75, 3.05) is 17.7 Å². The van der Waals surface area contributed by atoms with Crippen LogP contribution >= 0.6 is 39.3 Å². The molecule has 0 spiro atoms. The van der Waals surface area contributed by atoms with E-state index in [1.165, 1.54) is 11.8 Å². The predicted octanol–water partition coefficient (Wildman–Crippen LogP) is 6.48. The summed E-state index contributed by atoms with van der Waals surface area (Å²) in [7, 11) is 0. The Morgan fingerprint density at radius 2 is 1.85 bits per heavy atom. The van der Waals surface area contributed by atoms with Crippen molar-refractivity contribution in [2.45, 2.75) is 12.1 Å². The average Bonchev–Trinajstić information content (AvgIpc) is 3.24. The smallest absolute Gasteiger partial charge is 0.234 e. The number of aromatic nitrogens is 3. The molecule has 6 nitrogen and oxygen atoms in total. The third kappa shape index (κ3) is 5.96. The topological polar surface area (TPSA) is 69.0 Å². The molecule has 4 aromatic rings. The summed E-state index contributed by atoms with van der Waals surface area (Å²) in [4.78, 5) is 12.5. The number of benzene rings is 3. The zero-order valence-electron chi connectivity index (χ0n) is 17.7. The van der Waals surface area contributed by atoms with Crippen molar-refractivity contribution in [1.82, 2.24) is 14.8 Å². The summed E-state index contributed by atoms with van der Waals surface area (Å²) in [5, 5.41) is 12.9. The number of anilines is 1. The Kier molecular flexibility index (Phi) is 7.69. The van der Waals surface area contributed by atoms with Gasteiger partial charge in [0, 0.05) is 26.4 Å². The first-order valence-corrected chi connectivity index (χ1v) is 12.3. The molecule has 33 heavy (non-hydrogen) atoms. The van der Waals surface area contributed by atoms with Crippen molar-refractivity contribution < 1.29 is 9.53 Å². The lowest BCUT2D eigenvalue weighted by atomic mass is 10.2. The van der Waals surface area contributed by atoms with Crippen molar-refractivity contribution in [1.29, 1.82) is 0 Å². The highest BCUT2D eigenvalue weighted by Crippen LogP contribution is 2.30. The van der Waals surface area contributed by atoms with Gasteiger partial charge in [-0.1, -0.05) is 51.4 Å². The van der Waals surface area contributed by atoms with Crippen LogP contribution in [-0.4, -0.2) is 33.0 Å². The van der Waals surface area contributed by atoms with Crippen LogP contribution in [0.15, 0.2) is 82.4 Å². The van der Waals surface area contributed by atoms with Gasteiger partial charge in [-0.25, -0.2) is 0 Å². The van der Waals surface area contributed by atoms with Crippen LogP contribution in [0, 0.1) is 0 Å². The molecule has 168 valence electrons. The van der Waals surface area contributed by atoms with Gasteiger partial charge < -0.3 is 10.1 Å². The van der Waals surface area contributed by atoms with E-state index in [4.69, 9.17) is 16.3 Å². The first kappa shape index (κ1) is 23.4. The van der Waals surface area contributed by atoms with E-state index in [9.17, 15) is 4.79 Å². The molecular weight excluding hydrogens is 524 g/mol. The second-order valence-electron chi connectivity index (χ2n) is 6.92. The van der Waals surface area contributed by atoms with Gasteiger partial charge in [-0.15, -0.1) is 10.2 Å². The molecule has 1 amide bonds. The van der Waals surface area contributed by atoms with E-state index in [1.807, 2.05) is 84.3 Å². The highest BCUT2D eigenvalue weighted by Gasteiger charge is 2.18. The third-order valence-electron chi connectivity index (χ3n) is 4.58. The largest absolute Gasteiger partial charge is 0.494 e. The molecule has 0 aliphatic rings. The fourth-order valence-electron chi connectivity index (χ4n) is 3.13. The SMILES string of the molecule is CCOc1ccc(-n2c(SCC(=O)Nc3ccc(Br)cc3)nnc2-c2cccc(Cl)c2)cc1. The fourth-order valence-corrected chi connectivity index (χ4v) is 4.34. The zero-order chi connectivity index (χ0) is 23.2. The molecule has 0 bridgehead atoms. The maximum Gasteiger partial charge on any atom is 0.234 e. The minimum absolute atomic E-state index is 0.132. The zero-order valence-corrected chi connectivity index (χ0v) is 20.8. The summed E-state index contributed by atoms with van der Waals surface area (Å²) in [5.74, 6) is 1.47. The number of hydrogen-bond donors (Lipinski definition) is 1. The average molecular weight is 544 g/mol. The van der Waals surface area contributed by atoms with E-state index >= 15 is 0 Å². The second-order valence-corrected chi connectivity index (χ2v) is 9.22. The summed E-state index contributed by atoms with van der Waals surface area (Å²) in [6, 6.07) is 22.6. The lowest BCUT2D eigenvalue weighted by Crippen LogP contribution is -2.14. The van der Waals surface area contributed by atoms with E-state index in [0.29, 0.717) is 22.6 Å². The minimum Gasteiger partial charge on any atom is -0.494 e. The number of thioether (sulfide) groups is 1. The highest BCUT2D eigenvalue weighted by molar-refractivity contribution is 9.10. The summed E-state index contributed by atoms with van der Waals surface area (Å²) < 4.78 is 8.43. The first-order chi connectivity index (χ1) is 16.0. The van der Waals surface area contributed by atoms with Gasteiger partial charge in [0.1, 0.15) is 5.75 Å². The predicted molar refractivity (Wildman–Crippen MR) is 136 cm³/mol. The molecule has 0 aliphatic heterocycles. The Hall–Kier alpha value is -2.81. The summed E-state index contributed by atoms with van der Waals surface area (Å²) in [6.45, 7) is 2.54. The number of carbonyl (C=O) groups excluding carboxylic acids is 1. The number of halogens is 2. The third-order valence-corrected chi connectivity index (χ3v) is 6.28. The Morgan fingerprint density at radius 1 is 1.09 bits per heavy atom. The molecular formula is C24H20BrClN4O2S. The van der Waals surface area contributed by atoms with Crippen molar-refractivity contribution in [3.8, 4) is 22.8 Å². The molecule has 0 unspecified atom stereocenters. The lowest BCUT2D eigenvalue weighted by Gasteiger charge is -2.12. The van der Waals surface area contributed by atoms with Crippen LogP contribution in [-0.2, 0) is 4.79 Å². The van der Waals surface area contributed by atoms with Gasteiger partial charge >= 0.3 is 0 Å². The van der Waals surface area contributed by atoms with Crippen LogP contribution in [0.2, 0.25) is 5.02 Å². The summed E-state index contributed by atoms with van der Waals surface area (Å²) >= 11 is 10.9. The molecule has 9 heteroatoms. The highest BCUT2D eigenvalue weighted by atomic mass is 79.9. The maximum absolute atomic E-state index is 12.5. The minimum atomic E-state index is -0.132. The normalized spacial score (nSPS) is 10.8. The molecule has 0 saturated carbocycles. The van der Waals surface area contributed by atoms with Crippen molar-refractivity contribution in [3.63, 3.8) is 0 Å². The van der Waals surface area contributed by atoms with Gasteiger partial charge in [0.05, 0.1) is 12.4 Å². The Bertz CT molecular complexity index is 1250. The van der Waals surface area contributed by atoms with Crippen LogP contribution in [0.1, 0.15) is 6.92 Å². The molecule has 1 N–H and O–H groups in total. The quantitative estimate of drug-likeness (QED) is 0.258. The van der Waals surface area contributed by atoms with Crippen LogP contribution in [0.25, 0.3) is 17.1 Å². The summed E-state index contributed by atoms with van der Waals surface area (Å²) in [5.41, 5.74) is 2.42. The number of nitrogens with one attached hydrogen (secondary N) is 1. The van der Waals surface area contributed by atoms with Gasteiger partial charge in [-0.2, -0.15) is 0 Å². The van der Waals surface area contributed by atoms with Crippen LogP contribution in [0.5, 0.6) is 5.75 Å². The number of hydrogen-bond acceptors (Lipinski definition) is 5.